The van der Waals surface area contributed by atoms with Gasteiger partial charge in [-0.1, -0.05) is 0 Å². The van der Waals surface area contributed by atoms with E-state index in [0.717, 1.165) is 11.4 Å². The van der Waals surface area contributed by atoms with Crippen LogP contribution in [0.2, 0.25) is 0 Å². The number of aromatic nitrogens is 3. The van der Waals surface area contributed by atoms with Crippen LogP contribution in [0.5, 0.6) is 0 Å². The van der Waals surface area contributed by atoms with E-state index in [1.807, 2.05) is 18.4 Å². The molecule has 0 spiro atoms. The number of imidazole rings is 1. The maximum atomic E-state index is 11.7. The maximum absolute atomic E-state index is 11.7. The van der Waals surface area contributed by atoms with Gasteiger partial charge in [-0.3, -0.25) is 4.79 Å². The lowest BCUT2D eigenvalue weighted by Gasteiger charge is -2.02. The van der Waals surface area contributed by atoms with Crippen LogP contribution in [-0.4, -0.2) is 20.3 Å². The molecule has 0 saturated carbocycles. The van der Waals surface area contributed by atoms with Crippen molar-refractivity contribution in [2.24, 2.45) is 0 Å². The summed E-state index contributed by atoms with van der Waals surface area (Å²) in [6, 6.07) is 0. The molecule has 0 aliphatic heterocycles. The first-order chi connectivity index (χ1) is 7.18. The largest absolute Gasteiger partial charge is 0.327 e. The Morgan fingerprint density at radius 2 is 2.27 bits per heavy atom. The van der Waals surface area contributed by atoms with Crippen LogP contribution in [0, 0.1) is 13.8 Å². The fourth-order valence-corrected chi connectivity index (χ4v) is 1.85. The normalized spacial score (nSPS) is 10.5. The number of aryl methyl sites for hydroxylation is 1. The summed E-state index contributed by atoms with van der Waals surface area (Å²) in [5, 5.41) is 1.77. The van der Waals surface area contributed by atoms with Gasteiger partial charge in [0.15, 0.2) is 0 Å². The van der Waals surface area contributed by atoms with Gasteiger partial charge in [0.05, 0.1) is 24.1 Å². The molecular weight excluding hydrogens is 210 g/mol. The van der Waals surface area contributed by atoms with Gasteiger partial charge in [-0.05, 0) is 13.8 Å². The summed E-state index contributed by atoms with van der Waals surface area (Å²) in [6.07, 6.45) is 1.69. The summed E-state index contributed by atoms with van der Waals surface area (Å²) < 4.78 is 1.84. The zero-order valence-electron chi connectivity index (χ0n) is 8.60. The number of nitrogens with zero attached hydrogens (tertiary/aromatic N) is 3. The fourth-order valence-electron chi connectivity index (χ4n) is 1.29. The van der Waals surface area contributed by atoms with Gasteiger partial charge in [-0.25, -0.2) is 9.97 Å². The third-order valence-electron chi connectivity index (χ3n) is 2.38. The van der Waals surface area contributed by atoms with Crippen molar-refractivity contribution < 1.29 is 4.79 Å². The lowest BCUT2D eigenvalue weighted by Crippen LogP contribution is -2.11. The Morgan fingerprint density at radius 1 is 1.47 bits per heavy atom. The van der Waals surface area contributed by atoms with Crippen molar-refractivity contribution in [3.63, 3.8) is 0 Å². The lowest BCUT2D eigenvalue weighted by atomic mass is 10.3. The molecule has 2 aromatic heterocycles. The van der Waals surface area contributed by atoms with Crippen LogP contribution in [-0.2, 0) is 6.54 Å². The third kappa shape index (κ3) is 1.97. The molecule has 0 saturated heterocycles. The number of carbonyl (C=O) groups excluding carboxylic acids is 1. The molecule has 0 aromatic carbocycles. The van der Waals surface area contributed by atoms with E-state index >= 15 is 0 Å². The smallest absolute Gasteiger partial charge is 0.201 e. The fraction of sp³-hybridized carbons (Fsp3) is 0.300. The first-order valence-electron chi connectivity index (χ1n) is 4.58. The van der Waals surface area contributed by atoms with Crippen LogP contribution >= 0.6 is 11.3 Å². The predicted molar refractivity (Wildman–Crippen MR) is 58.1 cm³/mol. The quantitative estimate of drug-likeness (QED) is 0.743. The van der Waals surface area contributed by atoms with Crippen LogP contribution in [0.1, 0.15) is 21.9 Å². The molecule has 0 aliphatic carbocycles. The van der Waals surface area contributed by atoms with E-state index in [0.29, 0.717) is 12.2 Å². The van der Waals surface area contributed by atoms with Crippen molar-refractivity contribution in [1.29, 1.82) is 0 Å². The SMILES string of the molecule is Cc1ncn(CC(=O)c2cscn2)c1C. The average Bonchev–Trinajstić information content (AvgIpc) is 2.83. The van der Waals surface area contributed by atoms with Gasteiger partial charge in [0.2, 0.25) is 5.78 Å². The predicted octanol–water partition coefficient (Wildman–Crippen LogP) is 1.84. The van der Waals surface area contributed by atoms with Crippen LogP contribution in [0.25, 0.3) is 0 Å². The van der Waals surface area contributed by atoms with Gasteiger partial charge in [0.1, 0.15) is 5.69 Å². The summed E-state index contributed by atoms with van der Waals surface area (Å²) in [6.45, 7) is 4.20. The molecule has 0 bridgehead atoms. The lowest BCUT2D eigenvalue weighted by molar-refractivity contribution is 0.0967. The maximum Gasteiger partial charge on any atom is 0.201 e. The highest BCUT2D eigenvalue weighted by Gasteiger charge is 2.10. The van der Waals surface area contributed by atoms with Gasteiger partial charge in [-0.15, -0.1) is 11.3 Å². The molecule has 0 aliphatic rings. The molecule has 15 heavy (non-hydrogen) atoms. The second kappa shape index (κ2) is 3.94. The zero-order chi connectivity index (χ0) is 10.8. The van der Waals surface area contributed by atoms with E-state index in [4.69, 9.17) is 0 Å². The van der Waals surface area contributed by atoms with E-state index in [-0.39, 0.29) is 5.78 Å². The molecule has 5 heteroatoms. The minimum absolute atomic E-state index is 0.0248. The second-order valence-electron chi connectivity index (χ2n) is 3.34. The van der Waals surface area contributed by atoms with Gasteiger partial charge >= 0.3 is 0 Å². The Labute approximate surface area is 91.6 Å². The Kier molecular flexibility index (Phi) is 2.64. The molecule has 2 rings (SSSR count). The van der Waals surface area contributed by atoms with Crippen molar-refractivity contribution in [3.8, 4) is 0 Å². The summed E-state index contributed by atoms with van der Waals surface area (Å²) in [4.78, 5) is 19.9. The molecule has 0 amide bonds. The monoisotopic (exact) mass is 221 g/mol. The molecule has 78 valence electrons. The van der Waals surface area contributed by atoms with Crippen molar-refractivity contribution in [2.75, 3.05) is 0 Å². The number of thiazole rings is 1. The third-order valence-corrected chi connectivity index (χ3v) is 2.96. The van der Waals surface area contributed by atoms with Gasteiger partial charge in [0, 0.05) is 11.1 Å². The Bertz CT molecular complexity index is 473. The molecule has 0 unspecified atom stereocenters. The van der Waals surface area contributed by atoms with Crippen molar-refractivity contribution in [1.82, 2.24) is 14.5 Å². The molecule has 0 radical (unpaired) electrons. The van der Waals surface area contributed by atoms with Crippen molar-refractivity contribution in [3.05, 3.63) is 34.3 Å². The zero-order valence-corrected chi connectivity index (χ0v) is 9.41. The minimum Gasteiger partial charge on any atom is -0.327 e. The highest BCUT2D eigenvalue weighted by Crippen LogP contribution is 2.07. The molecule has 2 heterocycles. The number of carbonyl (C=O) groups is 1. The standard InChI is InChI=1S/C10H11N3OS/c1-7-8(2)13(5-11-7)3-10(14)9-4-15-6-12-9/h4-6H,3H2,1-2H3. The second-order valence-corrected chi connectivity index (χ2v) is 4.06. The summed E-state index contributed by atoms with van der Waals surface area (Å²) in [5.74, 6) is 0.0248. The molecule has 2 aromatic rings. The summed E-state index contributed by atoms with van der Waals surface area (Å²) in [5.41, 5.74) is 4.18. The van der Waals surface area contributed by atoms with Gasteiger partial charge in [-0.2, -0.15) is 0 Å². The molecule has 0 fully saturated rings. The number of Topliss-reactive ketones (excluding diaryl/α,β-unsaturated/α-hetero) is 1. The molecule has 0 atom stereocenters. The minimum atomic E-state index is 0.0248. The highest BCUT2D eigenvalue weighted by atomic mass is 32.1. The van der Waals surface area contributed by atoms with Crippen LogP contribution < -0.4 is 0 Å². The van der Waals surface area contributed by atoms with E-state index in [2.05, 4.69) is 9.97 Å². The molecular formula is C10H11N3OS. The first-order valence-corrected chi connectivity index (χ1v) is 5.52. The first kappa shape index (κ1) is 10.0. The summed E-state index contributed by atoms with van der Waals surface area (Å²) in [7, 11) is 0. The van der Waals surface area contributed by atoms with Crippen LogP contribution in [0.4, 0.5) is 0 Å². The number of rotatable bonds is 3. The van der Waals surface area contributed by atoms with E-state index in [1.165, 1.54) is 11.3 Å². The number of ketones is 1. The van der Waals surface area contributed by atoms with Gasteiger partial charge in [0.25, 0.3) is 0 Å². The van der Waals surface area contributed by atoms with E-state index in [1.54, 1.807) is 17.2 Å². The van der Waals surface area contributed by atoms with Crippen LogP contribution in [0.15, 0.2) is 17.2 Å². The topological polar surface area (TPSA) is 47.8 Å². The Hall–Kier alpha value is -1.49. The average molecular weight is 221 g/mol. The van der Waals surface area contributed by atoms with Gasteiger partial charge < -0.3 is 4.57 Å². The van der Waals surface area contributed by atoms with Crippen molar-refractivity contribution >= 4 is 17.1 Å². The van der Waals surface area contributed by atoms with E-state index < -0.39 is 0 Å². The van der Waals surface area contributed by atoms with Crippen LogP contribution in [0.3, 0.4) is 0 Å². The molecule has 0 N–H and O–H groups in total. The highest BCUT2D eigenvalue weighted by molar-refractivity contribution is 7.07. The molecule has 4 nitrogen and oxygen atoms in total. The number of hydrogen-bond donors (Lipinski definition) is 0. The number of hydrogen-bond acceptors (Lipinski definition) is 4. The van der Waals surface area contributed by atoms with E-state index in [9.17, 15) is 4.79 Å². The van der Waals surface area contributed by atoms with Crippen molar-refractivity contribution in [2.45, 2.75) is 20.4 Å². The Morgan fingerprint density at radius 3 is 2.80 bits per heavy atom. The summed E-state index contributed by atoms with van der Waals surface area (Å²) >= 11 is 1.43. The Balaban J connectivity index is 2.16.